The molecule has 0 saturated heterocycles. The van der Waals surface area contributed by atoms with Crippen LogP contribution in [0.4, 0.5) is 16.2 Å². The van der Waals surface area contributed by atoms with Crippen molar-refractivity contribution in [3.8, 4) is 0 Å². The molecular weight excluding hydrogens is 408 g/mol. The van der Waals surface area contributed by atoms with Gasteiger partial charge in [0.2, 0.25) is 0 Å². The molecule has 0 saturated carbocycles. The Balaban J connectivity index is 1.84. The standard InChI is InChI=1S/C25H32N2O3S/c1-8-30-22(28)17-10-12-19(16(3)13-17)26-23(29)27-20-15(2)9-11-18-21(20)31-25(6,7)14-24(18,4)5/h9-13H,8,14H2,1-7H3,(H2,26,27,29). The summed E-state index contributed by atoms with van der Waals surface area (Å²) in [6.45, 7) is 15.0. The van der Waals surface area contributed by atoms with Crippen molar-refractivity contribution in [1.29, 1.82) is 0 Å². The van der Waals surface area contributed by atoms with Crippen LogP contribution < -0.4 is 10.6 Å². The van der Waals surface area contributed by atoms with Gasteiger partial charge in [0.1, 0.15) is 0 Å². The first-order valence-corrected chi connectivity index (χ1v) is 11.4. The van der Waals surface area contributed by atoms with E-state index in [0.717, 1.165) is 28.1 Å². The molecule has 3 rings (SSSR count). The molecule has 2 amide bonds. The highest BCUT2D eigenvalue weighted by molar-refractivity contribution is 8.00. The summed E-state index contributed by atoms with van der Waals surface area (Å²) in [5, 5.41) is 6.01. The van der Waals surface area contributed by atoms with Gasteiger partial charge in [-0.2, -0.15) is 0 Å². The molecule has 5 nitrogen and oxygen atoms in total. The Bertz CT molecular complexity index is 1030. The van der Waals surface area contributed by atoms with Gasteiger partial charge in [0.15, 0.2) is 0 Å². The number of ether oxygens (including phenoxy) is 1. The molecule has 0 aliphatic carbocycles. The number of carbonyl (C=O) groups excluding carboxylic acids is 2. The second kappa shape index (κ2) is 8.58. The van der Waals surface area contributed by atoms with Gasteiger partial charge in [-0.1, -0.05) is 39.8 Å². The van der Waals surface area contributed by atoms with E-state index in [0.29, 0.717) is 17.9 Å². The molecule has 0 bridgehead atoms. The third kappa shape index (κ3) is 5.06. The Labute approximate surface area is 189 Å². The number of hydrogen-bond donors (Lipinski definition) is 2. The minimum Gasteiger partial charge on any atom is -0.462 e. The predicted molar refractivity (Wildman–Crippen MR) is 129 cm³/mol. The highest BCUT2D eigenvalue weighted by Gasteiger charge is 2.39. The number of hydrogen-bond acceptors (Lipinski definition) is 4. The number of benzene rings is 2. The van der Waals surface area contributed by atoms with Crippen molar-refractivity contribution in [2.45, 2.75) is 69.9 Å². The summed E-state index contributed by atoms with van der Waals surface area (Å²) >= 11 is 1.82. The molecule has 0 unspecified atom stereocenters. The largest absolute Gasteiger partial charge is 0.462 e. The quantitative estimate of drug-likeness (QED) is 0.521. The molecule has 0 fully saturated rings. The third-order valence-corrected chi connectivity index (χ3v) is 6.89. The van der Waals surface area contributed by atoms with E-state index in [2.05, 4.69) is 50.5 Å². The molecule has 2 aromatic rings. The van der Waals surface area contributed by atoms with E-state index in [9.17, 15) is 9.59 Å². The van der Waals surface area contributed by atoms with Crippen LogP contribution in [0, 0.1) is 13.8 Å². The fourth-order valence-electron chi connectivity index (χ4n) is 4.36. The summed E-state index contributed by atoms with van der Waals surface area (Å²) in [7, 11) is 0. The second-order valence-corrected chi connectivity index (χ2v) is 11.1. The molecule has 2 N–H and O–H groups in total. The summed E-state index contributed by atoms with van der Waals surface area (Å²) in [6, 6.07) is 9.09. The van der Waals surface area contributed by atoms with E-state index in [1.54, 1.807) is 25.1 Å². The SMILES string of the molecule is CCOC(=O)c1ccc(NC(=O)Nc2c(C)ccc3c2SC(C)(C)CC3(C)C)c(C)c1. The molecule has 31 heavy (non-hydrogen) atoms. The number of urea groups is 1. The molecule has 1 aliphatic heterocycles. The smallest absolute Gasteiger partial charge is 0.338 e. The first-order valence-electron chi connectivity index (χ1n) is 10.6. The first-order chi connectivity index (χ1) is 14.4. The van der Waals surface area contributed by atoms with Crippen LogP contribution in [0.25, 0.3) is 0 Å². The maximum atomic E-state index is 12.9. The molecule has 2 aromatic carbocycles. The molecule has 1 aliphatic rings. The summed E-state index contributed by atoms with van der Waals surface area (Å²) < 4.78 is 5.12. The summed E-state index contributed by atoms with van der Waals surface area (Å²) in [5.41, 5.74) is 5.12. The lowest BCUT2D eigenvalue weighted by Crippen LogP contribution is -2.34. The summed E-state index contributed by atoms with van der Waals surface area (Å²) in [6.07, 6.45) is 1.07. The van der Waals surface area contributed by atoms with Crippen LogP contribution >= 0.6 is 11.8 Å². The molecule has 0 radical (unpaired) electrons. The zero-order chi connectivity index (χ0) is 23.0. The lowest BCUT2D eigenvalue weighted by molar-refractivity contribution is 0.0526. The summed E-state index contributed by atoms with van der Waals surface area (Å²) in [4.78, 5) is 26.0. The van der Waals surface area contributed by atoms with E-state index in [4.69, 9.17) is 4.74 Å². The van der Waals surface area contributed by atoms with E-state index >= 15 is 0 Å². The van der Waals surface area contributed by atoms with Crippen molar-refractivity contribution >= 4 is 35.1 Å². The number of thioether (sulfide) groups is 1. The lowest BCUT2D eigenvalue weighted by Gasteiger charge is -2.42. The van der Waals surface area contributed by atoms with Crippen LogP contribution in [0.3, 0.4) is 0 Å². The molecule has 0 aromatic heterocycles. The number of anilines is 2. The number of rotatable bonds is 4. The van der Waals surface area contributed by atoms with Gasteiger partial charge >= 0.3 is 12.0 Å². The van der Waals surface area contributed by atoms with Gasteiger partial charge in [0, 0.05) is 15.3 Å². The minimum absolute atomic E-state index is 0.0320. The minimum atomic E-state index is -0.365. The molecule has 0 spiro atoms. The zero-order valence-electron chi connectivity index (χ0n) is 19.4. The maximum absolute atomic E-state index is 12.9. The van der Waals surface area contributed by atoms with Crippen molar-refractivity contribution in [3.63, 3.8) is 0 Å². The van der Waals surface area contributed by atoms with Gasteiger partial charge in [-0.05, 0) is 67.5 Å². The Morgan fingerprint density at radius 3 is 2.39 bits per heavy atom. The van der Waals surface area contributed by atoms with Crippen molar-refractivity contribution in [1.82, 2.24) is 0 Å². The van der Waals surface area contributed by atoms with Crippen LogP contribution in [0.5, 0.6) is 0 Å². The van der Waals surface area contributed by atoms with E-state index in [1.165, 1.54) is 5.56 Å². The monoisotopic (exact) mass is 440 g/mol. The van der Waals surface area contributed by atoms with Crippen LogP contribution in [0.1, 0.15) is 68.1 Å². The maximum Gasteiger partial charge on any atom is 0.338 e. The molecule has 166 valence electrons. The van der Waals surface area contributed by atoms with Gasteiger partial charge in [0.05, 0.1) is 17.9 Å². The number of nitrogens with one attached hydrogen (secondary N) is 2. The number of amides is 2. The first kappa shape index (κ1) is 23.2. The third-order valence-electron chi connectivity index (χ3n) is 5.57. The van der Waals surface area contributed by atoms with E-state index in [1.807, 2.05) is 25.6 Å². The second-order valence-electron chi connectivity index (χ2n) is 9.39. The van der Waals surface area contributed by atoms with Gasteiger partial charge in [-0.3, -0.25) is 0 Å². The zero-order valence-corrected chi connectivity index (χ0v) is 20.3. The molecule has 0 atom stereocenters. The lowest BCUT2D eigenvalue weighted by atomic mass is 9.76. The highest BCUT2D eigenvalue weighted by Crippen LogP contribution is 2.53. The van der Waals surface area contributed by atoms with Crippen molar-refractivity contribution in [2.24, 2.45) is 0 Å². The number of aryl methyl sites for hydroxylation is 2. The Kier molecular flexibility index (Phi) is 6.42. The fourth-order valence-corrected chi connectivity index (χ4v) is 6.11. The van der Waals surface area contributed by atoms with Crippen LogP contribution in [-0.4, -0.2) is 23.4 Å². The van der Waals surface area contributed by atoms with Gasteiger partial charge in [-0.25, -0.2) is 9.59 Å². The van der Waals surface area contributed by atoms with E-state index < -0.39 is 0 Å². The topological polar surface area (TPSA) is 67.4 Å². The molecule has 6 heteroatoms. The Morgan fingerprint density at radius 2 is 1.74 bits per heavy atom. The number of esters is 1. The average Bonchev–Trinajstić information content (AvgIpc) is 2.64. The average molecular weight is 441 g/mol. The molecular formula is C25H32N2O3S. The van der Waals surface area contributed by atoms with Crippen molar-refractivity contribution < 1.29 is 14.3 Å². The predicted octanol–water partition coefficient (Wildman–Crippen LogP) is 6.68. The van der Waals surface area contributed by atoms with Gasteiger partial charge < -0.3 is 15.4 Å². The van der Waals surface area contributed by atoms with Gasteiger partial charge in [0.25, 0.3) is 0 Å². The Morgan fingerprint density at radius 1 is 1.03 bits per heavy atom. The van der Waals surface area contributed by atoms with E-state index in [-0.39, 0.29) is 22.2 Å². The van der Waals surface area contributed by atoms with Crippen molar-refractivity contribution in [3.05, 3.63) is 52.6 Å². The molecule has 1 heterocycles. The van der Waals surface area contributed by atoms with Crippen LogP contribution in [0.15, 0.2) is 35.2 Å². The normalized spacial score (nSPS) is 16.2. The fraction of sp³-hybridized carbons (Fsp3) is 0.440. The highest BCUT2D eigenvalue weighted by atomic mass is 32.2. The summed E-state index contributed by atoms with van der Waals surface area (Å²) in [5.74, 6) is -0.365. The Hall–Kier alpha value is -2.47. The number of carbonyl (C=O) groups is 2. The van der Waals surface area contributed by atoms with Crippen LogP contribution in [-0.2, 0) is 10.2 Å². The number of fused-ring (bicyclic) bond motifs is 1. The van der Waals surface area contributed by atoms with Crippen LogP contribution in [0.2, 0.25) is 0 Å². The van der Waals surface area contributed by atoms with Gasteiger partial charge in [-0.15, -0.1) is 11.8 Å². The van der Waals surface area contributed by atoms with Crippen molar-refractivity contribution in [2.75, 3.05) is 17.2 Å².